The SMILES string of the molecule is Cc1ccc(Br)cc1C(=O)N(CC(C)O)C(C)C. The molecule has 0 aliphatic heterocycles. The normalized spacial score (nSPS) is 12.6. The predicted molar refractivity (Wildman–Crippen MR) is 76.7 cm³/mol. The topological polar surface area (TPSA) is 40.5 Å². The van der Waals surface area contributed by atoms with E-state index < -0.39 is 6.10 Å². The minimum Gasteiger partial charge on any atom is -0.392 e. The number of hydrogen-bond acceptors (Lipinski definition) is 2. The van der Waals surface area contributed by atoms with Crippen molar-refractivity contribution in [3.05, 3.63) is 33.8 Å². The fourth-order valence-electron chi connectivity index (χ4n) is 1.79. The van der Waals surface area contributed by atoms with E-state index in [-0.39, 0.29) is 11.9 Å². The van der Waals surface area contributed by atoms with E-state index in [9.17, 15) is 9.90 Å². The number of benzene rings is 1. The highest BCUT2D eigenvalue weighted by Gasteiger charge is 2.21. The number of carbonyl (C=O) groups is 1. The molecule has 0 saturated carbocycles. The van der Waals surface area contributed by atoms with E-state index in [0.29, 0.717) is 12.1 Å². The van der Waals surface area contributed by atoms with Crippen LogP contribution in [0.1, 0.15) is 36.7 Å². The average molecular weight is 314 g/mol. The van der Waals surface area contributed by atoms with Gasteiger partial charge in [-0.05, 0) is 45.4 Å². The van der Waals surface area contributed by atoms with Crippen LogP contribution in [0.15, 0.2) is 22.7 Å². The molecule has 0 aliphatic rings. The molecule has 1 unspecified atom stereocenters. The van der Waals surface area contributed by atoms with Gasteiger partial charge in [0.15, 0.2) is 0 Å². The molecule has 1 amide bonds. The van der Waals surface area contributed by atoms with Gasteiger partial charge >= 0.3 is 0 Å². The molecule has 1 N–H and O–H groups in total. The van der Waals surface area contributed by atoms with Crippen LogP contribution in [-0.2, 0) is 0 Å². The molecule has 0 aliphatic carbocycles. The molecular weight excluding hydrogens is 294 g/mol. The zero-order valence-electron chi connectivity index (χ0n) is 11.3. The summed E-state index contributed by atoms with van der Waals surface area (Å²) in [5, 5.41) is 9.49. The summed E-state index contributed by atoms with van der Waals surface area (Å²) < 4.78 is 0.886. The number of halogens is 1. The lowest BCUT2D eigenvalue weighted by Gasteiger charge is -2.28. The largest absolute Gasteiger partial charge is 0.392 e. The Bertz CT molecular complexity index is 430. The molecule has 0 fully saturated rings. The minimum atomic E-state index is -0.524. The Kier molecular flexibility index (Phi) is 5.35. The summed E-state index contributed by atoms with van der Waals surface area (Å²) in [6, 6.07) is 5.72. The predicted octanol–water partition coefficient (Wildman–Crippen LogP) is 2.99. The van der Waals surface area contributed by atoms with Crippen LogP contribution in [0, 0.1) is 6.92 Å². The van der Waals surface area contributed by atoms with E-state index in [4.69, 9.17) is 0 Å². The average Bonchev–Trinajstić information content (AvgIpc) is 2.27. The molecule has 0 aromatic heterocycles. The summed E-state index contributed by atoms with van der Waals surface area (Å²) in [7, 11) is 0. The maximum Gasteiger partial charge on any atom is 0.254 e. The number of nitrogens with zero attached hydrogens (tertiary/aromatic N) is 1. The van der Waals surface area contributed by atoms with Gasteiger partial charge in [0.25, 0.3) is 5.91 Å². The van der Waals surface area contributed by atoms with E-state index in [1.165, 1.54) is 0 Å². The van der Waals surface area contributed by atoms with Crippen molar-refractivity contribution in [1.82, 2.24) is 4.90 Å². The summed E-state index contributed by atoms with van der Waals surface area (Å²) in [6.07, 6.45) is -0.524. The number of hydrogen-bond donors (Lipinski definition) is 1. The third-order valence-electron chi connectivity index (χ3n) is 2.78. The second-order valence-corrected chi connectivity index (χ2v) is 5.78. The third-order valence-corrected chi connectivity index (χ3v) is 3.27. The number of aliphatic hydroxyl groups excluding tert-OH is 1. The van der Waals surface area contributed by atoms with E-state index >= 15 is 0 Å². The Morgan fingerprint density at radius 3 is 2.50 bits per heavy atom. The van der Waals surface area contributed by atoms with Crippen molar-refractivity contribution in [1.29, 1.82) is 0 Å². The number of aliphatic hydroxyl groups is 1. The highest BCUT2D eigenvalue weighted by atomic mass is 79.9. The monoisotopic (exact) mass is 313 g/mol. The van der Waals surface area contributed by atoms with Crippen molar-refractivity contribution >= 4 is 21.8 Å². The highest BCUT2D eigenvalue weighted by Crippen LogP contribution is 2.19. The van der Waals surface area contributed by atoms with Gasteiger partial charge in [-0.25, -0.2) is 0 Å². The Labute approximate surface area is 117 Å². The number of aryl methyl sites for hydroxylation is 1. The Hall–Kier alpha value is -0.870. The first kappa shape index (κ1) is 15.2. The molecule has 1 aromatic rings. The van der Waals surface area contributed by atoms with Crippen molar-refractivity contribution in [2.24, 2.45) is 0 Å². The zero-order chi connectivity index (χ0) is 13.9. The van der Waals surface area contributed by atoms with Crippen LogP contribution in [0.3, 0.4) is 0 Å². The molecular formula is C14H20BrNO2. The lowest BCUT2D eigenvalue weighted by Crippen LogP contribution is -2.41. The summed E-state index contributed by atoms with van der Waals surface area (Å²) >= 11 is 3.38. The molecule has 1 aromatic carbocycles. The van der Waals surface area contributed by atoms with Gasteiger partial charge in [0, 0.05) is 22.6 Å². The van der Waals surface area contributed by atoms with Gasteiger partial charge in [-0.1, -0.05) is 22.0 Å². The fourth-order valence-corrected chi connectivity index (χ4v) is 2.15. The van der Waals surface area contributed by atoms with Gasteiger partial charge in [0.2, 0.25) is 0 Å². The maximum atomic E-state index is 12.5. The van der Waals surface area contributed by atoms with Crippen LogP contribution >= 0.6 is 15.9 Å². The molecule has 0 bridgehead atoms. The van der Waals surface area contributed by atoms with Crippen molar-refractivity contribution in [3.63, 3.8) is 0 Å². The number of carbonyl (C=O) groups excluding carboxylic acids is 1. The van der Waals surface area contributed by atoms with Crippen LogP contribution < -0.4 is 0 Å². The van der Waals surface area contributed by atoms with E-state index in [1.807, 2.05) is 39.0 Å². The lowest BCUT2D eigenvalue weighted by molar-refractivity contribution is 0.0578. The van der Waals surface area contributed by atoms with Crippen LogP contribution in [0.5, 0.6) is 0 Å². The number of rotatable bonds is 4. The van der Waals surface area contributed by atoms with Crippen LogP contribution in [0.2, 0.25) is 0 Å². The summed E-state index contributed by atoms with van der Waals surface area (Å²) in [6.45, 7) is 7.86. The highest BCUT2D eigenvalue weighted by molar-refractivity contribution is 9.10. The number of amides is 1. The van der Waals surface area contributed by atoms with Gasteiger partial charge in [0.1, 0.15) is 0 Å². The third kappa shape index (κ3) is 3.82. The lowest BCUT2D eigenvalue weighted by atomic mass is 10.1. The molecule has 4 heteroatoms. The van der Waals surface area contributed by atoms with Crippen molar-refractivity contribution in [3.8, 4) is 0 Å². The Morgan fingerprint density at radius 1 is 1.39 bits per heavy atom. The van der Waals surface area contributed by atoms with Gasteiger partial charge in [-0.15, -0.1) is 0 Å². The van der Waals surface area contributed by atoms with E-state index in [1.54, 1.807) is 11.8 Å². The van der Waals surface area contributed by atoms with Crippen molar-refractivity contribution in [2.45, 2.75) is 39.8 Å². The van der Waals surface area contributed by atoms with Gasteiger partial charge < -0.3 is 10.0 Å². The maximum absolute atomic E-state index is 12.5. The van der Waals surface area contributed by atoms with Gasteiger partial charge in [-0.2, -0.15) is 0 Å². The standard InChI is InChI=1S/C14H20BrNO2/c1-9(2)16(8-11(4)17)14(18)13-7-12(15)6-5-10(13)3/h5-7,9,11,17H,8H2,1-4H3. The molecule has 3 nitrogen and oxygen atoms in total. The summed E-state index contributed by atoms with van der Waals surface area (Å²) in [4.78, 5) is 14.2. The second-order valence-electron chi connectivity index (χ2n) is 4.86. The molecule has 0 radical (unpaired) electrons. The molecule has 0 spiro atoms. The first-order valence-corrected chi connectivity index (χ1v) is 6.87. The molecule has 18 heavy (non-hydrogen) atoms. The molecule has 100 valence electrons. The fraction of sp³-hybridized carbons (Fsp3) is 0.500. The van der Waals surface area contributed by atoms with E-state index in [0.717, 1.165) is 10.0 Å². The van der Waals surface area contributed by atoms with Crippen molar-refractivity contribution < 1.29 is 9.90 Å². The van der Waals surface area contributed by atoms with Gasteiger partial charge in [0.05, 0.1) is 6.10 Å². The molecule has 1 rings (SSSR count). The summed E-state index contributed by atoms with van der Waals surface area (Å²) in [5.41, 5.74) is 1.62. The van der Waals surface area contributed by atoms with Crippen LogP contribution in [0.25, 0.3) is 0 Å². The molecule has 0 heterocycles. The van der Waals surface area contributed by atoms with Gasteiger partial charge in [-0.3, -0.25) is 4.79 Å². The molecule has 1 atom stereocenters. The first-order valence-electron chi connectivity index (χ1n) is 6.08. The quantitative estimate of drug-likeness (QED) is 0.928. The zero-order valence-corrected chi connectivity index (χ0v) is 12.9. The smallest absolute Gasteiger partial charge is 0.254 e. The summed E-state index contributed by atoms with van der Waals surface area (Å²) in [5.74, 6) is -0.0373. The Balaban J connectivity index is 3.05. The van der Waals surface area contributed by atoms with Crippen LogP contribution in [0.4, 0.5) is 0 Å². The molecule has 0 saturated heterocycles. The second kappa shape index (κ2) is 6.34. The Morgan fingerprint density at radius 2 is 2.00 bits per heavy atom. The van der Waals surface area contributed by atoms with Crippen molar-refractivity contribution in [2.75, 3.05) is 6.54 Å². The first-order chi connectivity index (χ1) is 8.32. The van der Waals surface area contributed by atoms with E-state index in [2.05, 4.69) is 15.9 Å². The minimum absolute atomic E-state index is 0.0373. The van der Waals surface area contributed by atoms with Crippen LogP contribution in [-0.4, -0.2) is 34.6 Å².